The number of nitrogens with two attached hydrogens (primary N) is 1. The summed E-state index contributed by atoms with van der Waals surface area (Å²) in [5.74, 6) is 0.551. The minimum atomic E-state index is 0.551. The van der Waals surface area contributed by atoms with Gasteiger partial charge < -0.3 is 11.1 Å². The second-order valence-electron chi connectivity index (χ2n) is 4.52. The van der Waals surface area contributed by atoms with Gasteiger partial charge in [-0.1, -0.05) is 46.1 Å². The van der Waals surface area contributed by atoms with Crippen molar-refractivity contribution < 1.29 is 0 Å². The summed E-state index contributed by atoms with van der Waals surface area (Å²) >= 11 is 0. The molecule has 0 rings (SSSR count). The maximum Gasteiger partial charge on any atom is 0.0143 e. The molecule has 0 aromatic carbocycles. The van der Waals surface area contributed by atoms with Crippen LogP contribution in [0.4, 0.5) is 0 Å². The summed E-state index contributed by atoms with van der Waals surface area (Å²) < 4.78 is 0. The van der Waals surface area contributed by atoms with Crippen molar-refractivity contribution in [3.8, 4) is 0 Å². The summed E-state index contributed by atoms with van der Waals surface area (Å²) in [5, 5.41) is 3.37. The average molecular weight is 212 g/mol. The third kappa shape index (κ3) is 9.80. The van der Waals surface area contributed by atoms with Gasteiger partial charge >= 0.3 is 0 Å². The second kappa shape index (κ2) is 10.0. The topological polar surface area (TPSA) is 38.0 Å². The standard InChI is InChI=1S/C13H28N2/c1-12(2)13(3)15-11-9-7-5-4-6-8-10-14/h12,15H,3-11,14H2,1-2H3. The highest BCUT2D eigenvalue weighted by Crippen LogP contribution is 2.06. The van der Waals surface area contributed by atoms with Crippen LogP contribution in [-0.4, -0.2) is 13.1 Å². The van der Waals surface area contributed by atoms with Gasteiger partial charge in [-0.05, 0) is 25.3 Å². The Hall–Kier alpha value is -0.500. The fourth-order valence-electron chi connectivity index (χ4n) is 1.43. The number of hydrogen-bond donors (Lipinski definition) is 2. The fraction of sp³-hybridized carbons (Fsp3) is 0.846. The SMILES string of the molecule is C=C(NCCCCCCCCN)C(C)C. The molecule has 0 heterocycles. The van der Waals surface area contributed by atoms with Gasteiger partial charge in [0.25, 0.3) is 0 Å². The molecule has 2 heteroatoms. The zero-order valence-corrected chi connectivity index (χ0v) is 10.5. The van der Waals surface area contributed by atoms with E-state index in [2.05, 4.69) is 25.7 Å². The van der Waals surface area contributed by atoms with Crippen LogP contribution in [0.2, 0.25) is 0 Å². The molecule has 0 aliphatic rings. The molecular formula is C13H28N2. The van der Waals surface area contributed by atoms with Crippen LogP contribution in [0.25, 0.3) is 0 Å². The Labute approximate surface area is 95.3 Å². The first-order valence-corrected chi connectivity index (χ1v) is 6.31. The molecule has 0 unspecified atom stereocenters. The van der Waals surface area contributed by atoms with Crippen LogP contribution < -0.4 is 11.1 Å². The first kappa shape index (κ1) is 14.5. The Balaban J connectivity index is 3.08. The summed E-state index contributed by atoms with van der Waals surface area (Å²) in [5.41, 5.74) is 6.60. The number of rotatable bonds is 10. The van der Waals surface area contributed by atoms with Gasteiger partial charge in [0.2, 0.25) is 0 Å². The Bertz CT molecular complexity index is 153. The molecule has 0 spiro atoms. The lowest BCUT2D eigenvalue weighted by molar-refractivity contribution is 0.570. The second-order valence-corrected chi connectivity index (χ2v) is 4.52. The summed E-state index contributed by atoms with van der Waals surface area (Å²) in [6, 6.07) is 0. The van der Waals surface area contributed by atoms with E-state index in [1.807, 2.05) is 0 Å². The van der Waals surface area contributed by atoms with Gasteiger partial charge in [0.1, 0.15) is 0 Å². The van der Waals surface area contributed by atoms with E-state index < -0.39 is 0 Å². The predicted octanol–water partition coefficient (Wildman–Crippen LogP) is 3.05. The summed E-state index contributed by atoms with van der Waals surface area (Å²) in [7, 11) is 0. The number of unbranched alkanes of at least 4 members (excludes halogenated alkanes) is 5. The van der Waals surface area contributed by atoms with E-state index in [-0.39, 0.29) is 0 Å². The van der Waals surface area contributed by atoms with E-state index in [4.69, 9.17) is 5.73 Å². The highest BCUT2D eigenvalue weighted by atomic mass is 14.9. The lowest BCUT2D eigenvalue weighted by Gasteiger charge is -2.12. The minimum Gasteiger partial charge on any atom is -0.389 e. The molecule has 90 valence electrons. The zero-order chi connectivity index (χ0) is 11.5. The lowest BCUT2D eigenvalue weighted by Crippen LogP contribution is -2.17. The van der Waals surface area contributed by atoms with Gasteiger partial charge in [0.15, 0.2) is 0 Å². The van der Waals surface area contributed by atoms with Crippen LogP contribution in [0.3, 0.4) is 0 Å². The Morgan fingerprint density at radius 3 is 2.13 bits per heavy atom. The normalized spacial score (nSPS) is 10.7. The molecule has 0 bridgehead atoms. The molecule has 0 atom stereocenters. The van der Waals surface area contributed by atoms with Crippen LogP contribution >= 0.6 is 0 Å². The van der Waals surface area contributed by atoms with Crippen LogP contribution in [0.15, 0.2) is 12.3 Å². The predicted molar refractivity (Wildman–Crippen MR) is 68.7 cm³/mol. The molecule has 0 aromatic rings. The van der Waals surface area contributed by atoms with E-state index >= 15 is 0 Å². The van der Waals surface area contributed by atoms with E-state index in [0.717, 1.165) is 18.8 Å². The van der Waals surface area contributed by atoms with E-state index in [9.17, 15) is 0 Å². The van der Waals surface area contributed by atoms with Crippen molar-refractivity contribution in [3.05, 3.63) is 12.3 Å². The maximum absolute atomic E-state index is 5.43. The smallest absolute Gasteiger partial charge is 0.0143 e. The molecule has 0 aliphatic carbocycles. The Morgan fingerprint density at radius 1 is 1.07 bits per heavy atom. The molecule has 0 saturated heterocycles. The van der Waals surface area contributed by atoms with Crippen molar-refractivity contribution in [3.63, 3.8) is 0 Å². The number of hydrogen-bond acceptors (Lipinski definition) is 2. The van der Waals surface area contributed by atoms with Crippen molar-refractivity contribution in [2.45, 2.75) is 52.4 Å². The largest absolute Gasteiger partial charge is 0.389 e. The quantitative estimate of drug-likeness (QED) is 0.546. The summed E-state index contributed by atoms with van der Waals surface area (Å²) in [4.78, 5) is 0. The van der Waals surface area contributed by atoms with E-state index in [1.165, 1.54) is 38.5 Å². The molecule has 0 radical (unpaired) electrons. The molecule has 2 nitrogen and oxygen atoms in total. The summed E-state index contributed by atoms with van der Waals surface area (Å²) in [6.45, 7) is 10.2. The molecule has 0 aliphatic heterocycles. The first-order chi connectivity index (χ1) is 7.18. The van der Waals surface area contributed by atoms with Gasteiger partial charge in [-0.25, -0.2) is 0 Å². The van der Waals surface area contributed by atoms with Gasteiger partial charge in [-0.2, -0.15) is 0 Å². The first-order valence-electron chi connectivity index (χ1n) is 6.31. The molecule has 3 N–H and O–H groups in total. The van der Waals surface area contributed by atoms with Gasteiger partial charge in [-0.3, -0.25) is 0 Å². The maximum atomic E-state index is 5.43. The van der Waals surface area contributed by atoms with Crippen molar-refractivity contribution in [2.75, 3.05) is 13.1 Å². The minimum absolute atomic E-state index is 0.551. The molecule has 0 saturated carbocycles. The summed E-state index contributed by atoms with van der Waals surface area (Å²) in [6.07, 6.45) is 7.74. The van der Waals surface area contributed by atoms with Crippen LogP contribution in [-0.2, 0) is 0 Å². The third-order valence-electron chi connectivity index (χ3n) is 2.68. The van der Waals surface area contributed by atoms with Crippen molar-refractivity contribution in [1.29, 1.82) is 0 Å². The van der Waals surface area contributed by atoms with Crippen LogP contribution in [0.1, 0.15) is 52.4 Å². The number of allylic oxidation sites excluding steroid dienone is 1. The van der Waals surface area contributed by atoms with Crippen molar-refractivity contribution in [1.82, 2.24) is 5.32 Å². The van der Waals surface area contributed by atoms with Gasteiger partial charge in [0.05, 0.1) is 0 Å². The van der Waals surface area contributed by atoms with Gasteiger partial charge in [-0.15, -0.1) is 0 Å². The Kier molecular flexibility index (Phi) is 9.70. The van der Waals surface area contributed by atoms with Crippen molar-refractivity contribution >= 4 is 0 Å². The molecular weight excluding hydrogens is 184 g/mol. The zero-order valence-electron chi connectivity index (χ0n) is 10.5. The molecule has 15 heavy (non-hydrogen) atoms. The highest BCUT2D eigenvalue weighted by Gasteiger charge is 1.97. The monoisotopic (exact) mass is 212 g/mol. The Morgan fingerprint density at radius 2 is 1.60 bits per heavy atom. The highest BCUT2D eigenvalue weighted by molar-refractivity contribution is 4.93. The molecule has 0 amide bonds. The fourth-order valence-corrected chi connectivity index (χ4v) is 1.43. The number of nitrogens with one attached hydrogen (secondary N) is 1. The molecule has 0 aromatic heterocycles. The lowest BCUT2D eigenvalue weighted by atomic mass is 10.1. The van der Waals surface area contributed by atoms with Gasteiger partial charge in [0, 0.05) is 12.2 Å². The van der Waals surface area contributed by atoms with Crippen LogP contribution in [0, 0.1) is 5.92 Å². The average Bonchev–Trinajstić information content (AvgIpc) is 2.21. The third-order valence-corrected chi connectivity index (χ3v) is 2.68. The van der Waals surface area contributed by atoms with E-state index in [0.29, 0.717) is 5.92 Å². The van der Waals surface area contributed by atoms with E-state index in [1.54, 1.807) is 0 Å². The van der Waals surface area contributed by atoms with Crippen LogP contribution in [0.5, 0.6) is 0 Å². The molecule has 0 fully saturated rings. The van der Waals surface area contributed by atoms with Crippen molar-refractivity contribution in [2.24, 2.45) is 11.7 Å².